The number of nitrogens with zero attached hydrogens (tertiary/aromatic N) is 2. The first kappa shape index (κ1) is 19.9. The molecule has 0 atom stereocenters. The van der Waals surface area contributed by atoms with Gasteiger partial charge in [-0.1, -0.05) is 18.2 Å². The van der Waals surface area contributed by atoms with Crippen LogP contribution in [0.25, 0.3) is 11.3 Å². The molecular formula is C22H21N3O4S. The Kier molecular flexibility index (Phi) is 5.41. The molecule has 1 aliphatic heterocycles. The molecule has 2 heterocycles. The number of hydrogen-bond acceptors (Lipinski definition) is 6. The summed E-state index contributed by atoms with van der Waals surface area (Å²) < 4.78 is 10.6. The topological polar surface area (TPSA) is 80.8 Å². The van der Waals surface area contributed by atoms with Crippen molar-refractivity contribution in [3.05, 3.63) is 52.9 Å². The van der Waals surface area contributed by atoms with Crippen LogP contribution in [0.15, 0.2) is 41.8 Å². The van der Waals surface area contributed by atoms with Crippen molar-refractivity contribution in [3.63, 3.8) is 0 Å². The zero-order chi connectivity index (χ0) is 21.3. The van der Waals surface area contributed by atoms with Gasteiger partial charge in [0.1, 0.15) is 17.1 Å². The van der Waals surface area contributed by atoms with Crippen molar-refractivity contribution >= 4 is 34.0 Å². The van der Waals surface area contributed by atoms with Crippen molar-refractivity contribution in [2.75, 3.05) is 31.0 Å². The lowest BCUT2D eigenvalue weighted by Gasteiger charge is -2.15. The SMILES string of the molecule is COc1cccc(OC)c1C(=O)Nc1nc(-c2ccc3c(c2)N(C(C)=O)CC3)cs1. The molecule has 0 unspecified atom stereocenters. The molecule has 4 rings (SSSR count). The van der Waals surface area contributed by atoms with Gasteiger partial charge in [0.15, 0.2) is 5.13 Å². The molecule has 0 saturated carbocycles. The van der Waals surface area contributed by atoms with E-state index >= 15 is 0 Å². The third-order valence-electron chi connectivity index (χ3n) is 5.04. The fraction of sp³-hybridized carbons (Fsp3) is 0.227. The van der Waals surface area contributed by atoms with Gasteiger partial charge in [0.2, 0.25) is 5.91 Å². The number of ether oxygens (including phenoxy) is 2. The van der Waals surface area contributed by atoms with Gasteiger partial charge in [0.05, 0.1) is 19.9 Å². The molecule has 7 nitrogen and oxygen atoms in total. The Balaban J connectivity index is 1.59. The molecule has 1 aromatic heterocycles. The molecule has 0 radical (unpaired) electrons. The lowest BCUT2D eigenvalue weighted by atomic mass is 10.1. The minimum Gasteiger partial charge on any atom is -0.496 e. The second-order valence-corrected chi connectivity index (χ2v) is 7.65. The first-order valence-corrected chi connectivity index (χ1v) is 10.3. The van der Waals surface area contributed by atoms with E-state index in [2.05, 4.69) is 10.3 Å². The van der Waals surface area contributed by atoms with Crippen molar-refractivity contribution in [3.8, 4) is 22.8 Å². The Morgan fingerprint density at radius 3 is 2.53 bits per heavy atom. The maximum Gasteiger partial charge on any atom is 0.265 e. The van der Waals surface area contributed by atoms with Crippen LogP contribution in [-0.2, 0) is 11.2 Å². The number of anilines is 2. The maximum atomic E-state index is 12.8. The summed E-state index contributed by atoms with van der Waals surface area (Å²) in [6.07, 6.45) is 0.855. The van der Waals surface area contributed by atoms with Gasteiger partial charge in [0.25, 0.3) is 5.91 Å². The Morgan fingerprint density at radius 1 is 1.13 bits per heavy atom. The van der Waals surface area contributed by atoms with Gasteiger partial charge < -0.3 is 14.4 Å². The summed E-state index contributed by atoms with van der Waals surface area (Å²) in [5.41, 5.74) is 4.03. The number of methoxy groups -OCH3 is 2. The molecule has 0 bridgehead atoms. The molecule has 8 heteroatoms. The first-order chi connectivity index (χ1) is 14.5. The Labute approximate surface area is 178 Å². The number of carbonyl (C=O) groups is 2. The van der Waals surface area contributed by atoms with Crippen LogP contribution in [-0.4, -0.2) is 37.6 Å². The maximum absolute atomic E-state index is 12.8. The van der Waals surface area contributed by atoms with Gasteiger partial charge in [-0.25, -0.2) is 4.98 Å². The lowest BCUT2D eigenvalue weighted by Crippen LogP contribution is -2.25. The van der Waals surface area contributed by atoms with Gasteiger partial charge >= 0.3 is 0 Å². The summed E-state index contributed by atoms with van der Waals surface area (Å²) in [5, 5.41) is 5.16. The predicted octanol–water partition coefficient (Wildman–Crippen LogP) is 3.99. The van der Waals surface area contributed by atoms with Crippen LogP contribution in [0.5, 0.6) is 11.5 Å². The van der Waals surface area contributed by atoms with E-state index in [0.717, 1.165) is 28.9 Å². The fourth-order valence-electron chi connectivity index (χ4n) is 3.56. The highest BCUT2D eigenvalue weighted by Gasteiger charge is 2.23. The number of benzene rings is 2. The van der Waals surface area contributed by atoms with Crippen LogP contribution in [0.2, 0.25) is 0 Å². The van der Waals surface area contributed by atoms with E-state index in [1.165, 1.54) is 25.6 Å². The molecule has 0 saturated heterocycles. The average Bonchev–Trinajstić information content (AvgIpc) is 3.39. The standard InChI is InChI=1S/C22H21N3O4S/c1-13(26)25-10-9-14-7-8-15(11-17(14)25)16-12-30-22(23-16)24-21(27)20-18(28-2)5-4-6-19(20)29-3/h4-8,11-12H,9-10H2,1-3H3,(H,23,24,27). The van der Waals surface area contributed by atoms with Crippen LogP contribution in [0.1, 0.15) is 22.8 Å². The smallest absolute Gasteiger partial charge is 0.265 e. The van der Waals surface area contributed by atoms with E-state index in [1.54, 1.807) is 30.0 Å². The van der Waals surface area contributed by atoms with Crippen molar-refractivity contribution in [1.29, 1.82) is 0 Å². The summed E-state index contributed by atoms with van der Waals surface area (Å²) in [5.74, 6) is 0.517. The monoisotopic (exact) mass is 423 g/mol. The number of aromatic nitrogens is 1. The van der Waals surface area contributed by atoms with E-state index < -0.39 is 0 Å². The van der Waals surface area contributed by atoms with Gasteiger partial charge in [-0.2, -0.15) is 0 Å². The molecule has 1 N–H and O–H groups in total. The number of rotatable bonds is 5. The predicted molar refractivity (Wildman–Crippen MR) is 117 cm³/mol. The zero-order valence-corrected chi connectivity index (χ0v) is 17.7. The minimum absolute atomic E-state index is 0.0304. The van der Waals surface area contributed by atoms with E-state index in [4.69, 9.17) is 9.47 Å². The van der Waals surface area contributed by atoms with Gasteiger partial charge in [-0.3, -0.25) is 14.9 Å². The number of thiazole rings is 1. The van der Waals surface area contributed by atoms with Gasteiger partial charge in [-0.05, 0) is 30.2 Å². The molecule has 1 aliphatic rings. The molecular weight excluding hydrogens is 402 g/mol. The Hall–Kier alpha value is -3.39. The number of nitrogens with one attached hydrogen (secondary N) is 1. The highest BCUT2D eigenvalue weighted by atomic mass is 32.1. The number of carbonyl (C=O) groups excluding carboxylic acids is 2. The lowest BCUT2D eigenvalue weighted by molar-refractivity contribution is -0.116. The molecule has 3 aromatic rings. The molecule has 30 heavy (non-hydrogen) atoms. The largest absolute Gasteiger partial charge is 0.496 e. The second kappa shape index (κ2) is 8.16. The highest BCUT2D eigenvalue weighted by Crippen LogP contribution is 2.35. The summed E-state index contributed by atoms with van der Waals surface area (Å²) >= 11 is 1.33. The average molecular weight is 423 g/mol. The van der Waals surface area contributed by atoms with Crippen molar-refractivity contribution in [2.24, 2.45) is 0 Å². The van der Waals surface area contributed by atoms with Crippen LogP contribution in [0.4, 0.5) is 10.8 Å². The Morgan fingerprint density at radius 2 is 1.87 bits per heavy atom. The van der Waals surface area contributed by atoms with Crippen molar-refractivity contribution in [1.82, 2.24) is 4.98 Å². The molecule has 2 amide bonds. The summed E-state index contributed by atoms with van der Waals surface area (Å²) in [6, 6.07) is 11.2. The van der Waals surface area contributed by atoms with Crippen LogP contribution in [0.3, 0.4) is 0 Å². The summed E-state index contributed by atoms with van der Waals surface area (Å²) in [6.45, 7) is 2.28. The Bertz CT molecular complexity index is 1100. The van der Waals surface area contributed by atoms with Gasteiger partial charge in [0, 0.05) is 30.1 Å². The number of fused-ring (bicyclic) bond motifs is 1. The fourth-order valence-corrected chi connectivity index (χ4v) is 4.28. The van der Waals surface area contributed by atoms with Crippen molar-refractivity contribution in [2.45, 2.75) is 13.3 Å². The quantitative estimate of drug-likeness (QED) is 0.671. The molecule has 0 aliphatic carbocycles. The molecule has 0 spiro atoms. The molecule has 2 aromatic carbocycles. The molecule has 0 fully saturated rings. The number of hydrogen-bond donors (Lipinski definition) is 1. The normalized spacial score (nSPS) is 12.4. The minimum atomic E-state index is -0.359. The van der Waals surface area contributed by atoms with E-state index in [1.807, 2.05) is 23.6 Å². The summed E-state index contributed by atoms with van der Waals surface area (Å²) in [7, 11) is 3.01. The van der Waals surface area contributed by atoms with Crippen LogP contribution >= 0.6 is 11.3 Å². The summed E-state index contributed by atoms with van der Waals surface area (Å²) in [4.78, 5) is 31.0. The zero-order valence-electron chi connectivity index (χ0n) is 16.9. The van der Waals surface area contributed by atoms with E-state index in [0.29, 0.717) is 28.7 Å². The van der Waals surface area contributed by atoms with Crippen LogP contribution in [0, 0.1) is 0 Å². The third-order valence-corrected chi connectivity index (χ3v) is 5.79. The molecule has 154 valence electrons. The second-order valence-electron chi connectivity index (χ2n) is 6.79. The van der Waals surface area contributed by atoms with E-state index in [-0.39, 0.29) is 11.8 Å². The van der Waals surface area contributed by atoms with Crippen LogP contribution < -0.4 is 19.7 Å². The highest BCUT2D eigenvalue weighted by molar-refractivity contribution is 7.14. The van der Waals surface area contributed by atoms with E-state index in [9.17, 15) is 9.59 Å². The first-order valence-electron chi connectivity index (χ1n) is 9.41. The number of amides is 2. The van der Waals surface area contributed by atoms with Gasteiger partial charge in [-0.15, -0.1) is 11.3 Å². The third kappa shape index (κ3) is 3.61. The van der Waals surface area contributed by atoms with Crippen molar-refractivity contribution < 1.29 is 19.1 Å².